The molecule has 0 radical (unpaired) electrons. The monoisotopic (exact) mass is 354 g/mol. The van der Waals surface area contributed by atoms with Crippen LogP contribution in [0.4, 0.5) is 0 Å². The summed E-state index contributed by atoms with van der Waals surface area (Å²) in [6.07, 6.45) is -0.718. The number of methoxy groups -OCH3 is 2. The molecule has 0 amide bonds. The zero-order valence-corrected chi connectivity index (χ0v) is 14.6. The molecule has 2 aromatic carbocycles. The third kappa shape index (κ3) is 3.54. The van der Waals surface area contributed by atoms with E-state index in [1.807, 2.05) is 0 Å². The van der Waals surface area contributed by atoms with Crippen LogP contribution in [0.25, 0.3) is 22.1 Å². The van der Waals surface area contributed by atoms with Gasteiger partial charge in [-0.15, -0.1) is 0 Å². The van der Waals surface area contributed by atoms with Gasteiger partial charge in [-0.1, -0.05) is 12.1 Å². The Balaban J connectivity index is 1.92. The first kappa shape index (κ1) is 17.5. The minimum absolute atomic E-state index is 0.429. The Morgan fingerprint density at radius 3 is 2.35 bits per heavy atom. The van der Waals surface area contributed by atoms with Crippen LogP contribution in [0.1, 0.15) is 6.92 Å². The number of carbonyl (C=O) groups excluding carboxylic acids is 1. The third-order valence-corrected chi connectivity index (χ3v) is 3.95. The molecule has 6 nitrogen and oxygen atoms in total. The molecule has 0 spiro atoms. The van der Waals surface area contributed by atoms with Crippen molar-refractivity contribution in [3.63, 3.8) is 0 Å². The third-order valence-electron chi connectivity index (χ3n) is 3.95. The van der Waals surface area contributed by atoms with Gasteiger partial charge in [-0.25, -0.2) is 9.59 Å². The fourth-order valence-electron chi connectivity index (χ4n) is 2.56. The standard InChI is InChI=1S/C20H18O6/c1-12(19(21)24-3)25-15-6-4-13(5-7-15)17-11-14-10-16(23-2)8-9-18(14)26-20(17)22/h4-12H,1-3H3/t12-/m0/s1. The molecule has 1 aromatic heterocycles. The van der Waals surface area contributed by atoms with Gasteiger partial charge in [0.25, 0.3) is 0 Å². The molecule has 0 bridgehead atoms. The summed E-state index contributed by atoms with van der Waals surface area (Å²) in [5.41, 5.74) is 1.17. The summed E-state index contributed by atoms with van der Waals surface area (Å²) in [5, 5.41) is 0.763. The largest absolute Gasteiger partial charge is 0.497 e. The van der Waals surface area contributed by atoms with Gasteiger partial charge in [0, 0.05) is 5.39 Å². The number of carbonyl (C=O) groups is 1. The van der Waals surface area contributed by atoms with Crippen molar-refractivity contribution in [2.45, 2.75) is 13.0 Å². The van der Waals surface area contributed by atoms with Crippen molar-refractivity contribution >= 4 is 16.9 Å². The van der Waals surface area contributed by atoms with E-state index in [2.05, 4.69) is 4.74 Å². The minimum atomic E-state index is -0.718. The average Bonchev–Trinajstić information content (AvgIpc) is 2.67. The summed E-state index contributed by atoms with van der Waals surface area (Å²) in [6.45, 7) is 1.60. The van der Waals surface area contributed by atoms with Gasteiger partial charge in [-0.2, -0.15) is 0 Å². The fraction of sp³-hybridized carbons (Fsp3) is 0.200. The predicted octanol–water partition coefficient (Wildman–Crippen LogP) is 3.41. The van der Waals surface area contributed by atoms with Gasteiger partial charge in [0.2, 0.25) is 0 Å². The second-order valence-corrected chi connectivity index (χ2v) is 5.66. The Hall–Kier alpha value is -3.28. The SMILES string of the molecule is COC(=O)[C@H](C)Oc1ccc(-c2cc3cc(OC)ccc3oc2=O)cc1. The van der Waals surface area contributed by atoms with Crippen LogP contribution in [-0.2, 0) is 9.53 Å². The molecule has 0 unspecified atom stereocenters. The van der Waals surface area contributed by atoms with Crippen molar-refractivity contribution in [3.05, 3.63) is 59.0 Å². The van der Waals surface area contributed by atoms with Gasteiger partial charge in [-0.05, 0) is 48.9 Å². The van der Waals surface area contributed by atoms with E-state index in [1.54, 1.807) is 62.6 Å². The molecule has 0 saturated carbocycles. The lowest BCUT2D eigenvalue weighted by molar-refractivity contribution is -0.147. The molecule has 0 saturated heterocycles. The summed E-state index contributed by atoms with van der Waals surface area (Å²) in [5.74, 6) is 0.717. The molecule has 0 aliphatic rings. The topological polar surface area (TPSA) is 75.0 Å². The highest BCUT2D eigenvalue weighted by atomic mass is 16.6. The van der Waals surface area contributed by atoms with Crippen LogP contribution >= 0.6 is 0 Å². The second kappa shape index (κ2) is 7.31. The summed E-state index contributed by atoms with van der Waals surface area (Å²) < 4.78 is 20.7. The average molecular weight is 354 g/mol. The lowest BCUT2D eigenvalue weighted by Gasteiger charge is -2.12. The Bertz CT molecular complexity index is 987. The smallest absolute Gasteiger partial charge is 0.346 e. The fourth-order valence-corrected chi connectivity index (χ4v) is 2.56. The van der Waals surface area contributed by atoms with Crippen LogP contribution in [0, 0.1) is 0 Å². The van der Waals surface area contributed by atoms with Crippen LogP contribution < -0.4 is 15.1 Å². The number of ether oxygens (including phenoxy) is 3. The maximum absolute atomic E-state index is 12.3. The maximum Gasteiger partial charge on any atom is 0.346 e. The number of esters is 1. The van der Waals surface area contributed by atoms with Crippen molar-refractivity contribution < 1.29 is 23.4 Å². The number of benzene rings is 2. The van der Waals surface area contributed by atoms with Crippen LogP contribution in [-0.4, -0.2) is 26.3 Å². The normalized spacial score (nSPS) is 11.8. The summed E-state index contributed by atoms with van der Waals surface area (Å²) >= 11 is 0. The Labute approximate surface area is 149 Å². The van der Waals surface area contributed by atoms with E-state index in [0.717, 1.165) is 5.39 Å². The van der Waals surface area contributed by atoms with Gasteiger partial charge in [-0.3, -0.25) is 0 Å². The highest BCUT2D eigenvalue weighted by molar-refractivity contribution is 5.83. The predicted molar refractivity (Wildman–Crippen MR) is 96.6 cm³/mol. The first-order chi connectivity index (χ1) is 12.5. The molecule has 6 heteroatoms. The first-order valence-corrected chi connectivity index (χ1v) is 7.98. The lowest BCUT2D eigenvalue weighted by Crippen LogP contribution is -2.24. The van der Waals surface area contributed by atoms with Gasteiger partial charge < -0.3 is 18.6 Å². The molecule has 1 atom stereocenters. The summed E-state index contributed by atoms with van der Waals surface area (Å²) in [7, 11) is 2.88. The van der Waals surface area contributed by atoms with E-state index in [0.29, 0.717) is 28.2 Å². The molecule has 0 aliphatic carbocycles. The van der Waals surface area contributed by atoms with Crippen molar-refractivity contribution in [1.82, 2.24) is 0 Å². The Kier molecular flexibility index (Phi) is 4.93. The number of rotatable bonds is 5. The zero-order chi connectivity index (χ0) is 18.7. The zero-order valence-electron chi connectivity index (χ0n) is 14.6. The van der Waals surface area contributed by atoms with Crippen LogP contribution in [0.5, 0.6) is 11.5 Å². The lowest BCUT2D eigenvalue weighted by atomic mass is 10.1. The van der Waals surface area contributed by atoms with Gasteiger partial charge in [0.15, 0.2) is 6.10 Å². The summed E-state index contributed by atoms with van der Waals surface area (Å²) in [4.78, 5) is 23.7. The van der Waals surface area contributed by atoms with Gasteiger partial charge in [0.1, 0.15) is 17.1 Å². The van der Waals surface area contributed by atoms with Crippen molar-refractivity contribution in [3.8, 4) is 22.6 Å². The quantitative estimate of drug-likeness (QED) is 0.516. The highest BCUT2D eigenvalue weighted by Crippen LogP contribution is 2.26. The van der Waals surface area contributed by atoms with E-state index in [-0.39, 0.29) is 0 Å². The van der Waals surface area contributed by atoms with Crippen LogP contribution in [0.2, 0.25) is 0 Å². The second-order valence-electron chi connectivity index (χ2n) is 5.66. The Morgan fingerprint density at radius 2 is 1.69 bits per heavy atom. The molecule has 0 N–H and O–H groups in total. The van der Waals surface area contributed by atoms with E-state index in [1.165, 1.54) is 7.11 Å². The van der Waals surface area contributed by atoms with Crippen molar-refractivity contribution in [2.75, 3.05) is 14.2 Å². The molecule has 134 valence electrons. The molecular formula is C20H18O6. The molecule has 0 fully saturated rings. The number of fused-ring (bicyclic) bond motifs is 1. The summed E-state index contributed by atoms with van der Waals surface area (Å²) in [6, 6.07) is 13.8. The molecule has 1 heterocycles. The van der Waals surface area contributed by atoms with Gasteiger partial charge >= 0.3 is 11.6 Å². The molecule has 0 aliphatic heterocycles. The van der Waals surface area contributed by atoms with E-state index in [4.69, 9.17) is 13.9 Å². The molecule has 3 rings (SSSR count). The highest BCUT2D eigenvalue weighted by Gasteiger charge is 2.15. The van der Waals surface area contributed by atoms with Crippen LogP contribution in [0.3, 0.4) is 0 Å². The minimum Gasteiger partial charge on any atom is -0.497 e. The van der Waals surface area contributed by atoms with Crippen molar-refractivity contribution in [1.29, 1.82) is 0 Å². The van der Waals surface area contributed by atoms with E-state index >= 15 is 0 Å². The van der Waals surface area contributed by atoms with Gasteiger partial charge in [0.05, 0.1) is 19.8 Å². The van der Waals surface area contributed by atoms with Crippen LogP contribution in [0.15, 0.2) is 57.7 Å². The van der Waals surface area contributed by atoms with E-state index in [9.17, 15) is 9.59 Å². The molecule has 3 aromatic rings. The number of hydrogen-bond acceptors (Lipinski definition) is 6. The number of hydrogen-bond donors (Lipinski definition) is 0. The molecular weight excluding hydrogens is 336 g/mol. The Morgan fingerprint density at radius 1 is 1.00 bits per heavy atom. The van der Waals surface area contributed by atoms with E-state index < -0.39 is 17.7 Å². The molecule has 26 heavy (non-hydrogen) atoms. The van der Waals surface area contributed by atoms with Crippen molar-refractivity contribution in [2.24, 2.45) is 0 Å². The maximum atomic E-state index is 12.3. The first-order valence-electron chi connectivity index (χ1n) is 7.98.